The molecule has 0 spiro atoms. The van der Waals surface area contributed by atoms with E-state index in [2.05, 4.69) is 20.7 Å². The number of amides is 1. The Hall–Kier alpha value is -2.86. The van der Waals surface area contributed by atoms with Crippen molar-refractivity contribution >= 4 is 11.6 Å². The van der Waals surface area contributed by atoms with Crippen LogP contribution >= 0.6 is 0 Å². The van der Waals surface area contributed by atoms with Crippen LogP contribution in [0.5, 0.6) is 0 Å². The largest absolute Gasteiger partial charge is 0.416 e. The van der Waals surface area contributed by atoms with Crippen LogP contribution in [0.2, 0.25) is 0 Å². The molecule has 2 aliphatic heterocycles. The van der Waals surface area contributed by atoms with Crippen LogP contribution in [-0.2, 0) is 17.1 Å². The van der Waals surface area contributed by atoms with Gasteiger partial charge in [-0.05, 0) is 57.5 Å². The van der Waals surface area contributed by atoms with Crippen LogP contribution in [0.1, 0.15) is 47.0 Å². The lowest BCUT2D eigenvalue weighted by atomic mass is 10.00. The average molecular weight is 516 g/mol. The number of halogens is 6. The smallest absolute Gasteiger partial charge is 0.299 e. The number of hydrazine groups is 1. The van der Waals surface area contributed by atoms with E-state index in [-0.39, 0.29) is 6.07 Å². The van der Waals surface area contributed by atoms with E-state index in [1.54, 1.807) is 19.1 Å². The highest BCUT2D eigenvalue weighted by atomic mass is 19.4. The third-order valence-electron chi connectivity index (χ3n) is 6.71. The van der Waals surface area contributed by atoms with E-state index in [9.17, 15) is 31.1 Å². The maximum Gasteiger partial charge on any atom is 0.416 e. The van der Waals surface area contributed by atoms with Crippen LogP contribution in [0.15, 0.2) is 30.3 Å². The summed E-state index contributed by atoms with van der Waals surface area (Å²) in [7, 11) is 0. The van der Waals surface area contributed by atoms with Gasteiger partial charge in [-0.1, -0.05) is 6.07 Å². The SMILES string of the molecule is Cc1ccc(C(C(=O)NNc2cc(C(F)(F)F)cc(C(F)(F)F)c2)N2CCN3CCC[C@@H]3C2)c(C)n1. The first kappa shape index (κ1) is 26.2. The normalized spacial score (nSPS) is 20.2. The van der Waals surface area contributed by atoms with Gasteiger partial charge in [0.25, 0.3) is 5.91 Å². The molecule has 0 aliphatic carbocycles. The molecule has 1 aromatic heterocycles. The Morgan fingerprint density at radius 3 is 2.28 bits per heavy atom. The van der Waals surface area contributed by atoms with Gasteiger partial charge in [0.05, 0.1) is 16.8 Å². The maximum absolute atomic E-state index is 13.4. The van der Waals surface area contributed by atoms with Crippen LogP contribution < -0.4 is 10.9 Å². The minimum Gasteiger partial charge on any atom is -0.299 e. The zero-order valence-electron chi connectivity index (χ0n) is 19.8. The van der Waals surface area contributed by atoms with Crippen molar-refractivity contribution in [2.45, 2.75) is 51.1 Å². The van der Waals surface area contributed by atoms with Crippen LogP contribution in [0.4, 0.5) is 32.0 Å². The summed E-state index contributed by atoms with van der Waals surface area (Å²) in [6, 6.07) is 4.12. The standard InChI is InChI=1S/C24H27F6N5O/c1-14-5-6-20(15(2)31-14)21(35-9-8-34-7-3-4-19(34)13-35)22(36)33-32-18-11-16(23(25,26)27)10-17(12-18)24(28,29)30/h5-6,10-12,19,21,32H,3-4,7-9,13H2,1-2H3,(H,33,36)/t19-,21?/m1/s1. The van der Waals surface area contributed by atoms with E-state index >= 15 is 0 Å². The molecule has 1 aromatic carbocycles. The van der Waals surface area contributed by atoms with Crippen LogP contribution in [0, 0.1) is 13.8 Å². The van der Waals surface area contributed by atoms with E-state index < -0.39 is 41.1 Å². The number of fused-ring (bicyclic) bond motifs is 1. The van der Waals surface area contributed by atoms with Crippen molar-refractivity contribution in [3.63, 3.8) is 0 Å². The van der Waals surface area contributed by atoms with Gasteiger partial charge in [0.15, 0.2) is 0 Å². The Balaban J connectivity index is 1.60. The van der Waals surface area contributed by atoms with Gasteiger partial charge in [-0.25, -0.2) is 0 Å². The molecule has 12 heteroatoms. The molecular weight excluding hydrogens is 488 g/mol. The molecule has 0 radical (unpaired) electrons. The number of aryl methyl sites for hydroxylation is 2. The Morgan fingerprint density at radius 1 is 1.00 bits per heavy atom. The summed E-state index contributed by atoms with van der Waals surface area (Å²) in [5.41, 5.74) is 3.18. The Bertz CT molecular complexity index is 1090. The number of carbonyl (C=O) groups is 1. The average Bonchev–Trinajstić information content (AvgIpc) is 3.26. The molecule has 2 fully saturated rings. The van der Waals surface area contributed by atoms with Crippen LogP contribution in [-0.4, -0.2) is 52.9 Å². The monoisotopic (exact) mass is 515 g/mol. The molecule has 2 saturated heterocycles. The van der Waals surface area contributed by atoms with E-state index in [1.807, 2.05) is 11.8 Å². The molecule has 1 amide bonds. The fourth-order valence-electron chi connectivity index (χ4n) is 4.97. The van der Waals surface area contributed by atoms with Crippen LogP contribution in [0.25, 0.3) is 0 Å². The molecule has 2 aromatic rings. The van der Waals surface area contributed by atoms with Gasteiger partial charge in [0.2, 0.25) is 0 Å². The summed E-state index contributed by atoms with van der Waals surface area (Å²) >= 11 is 0. The van der Waals surface area contributed by atoms with Crippen molar-refractivity contribution in [2.75, 3.05) is 31.6 Å². The molecule has 2 aliphatic rings. The Morgan fingerprint density at radius 2 is 1.67 bits per heavy atom. The van der Waals surface area contributed by atoms with Gasteiger partial charge in [-0.2, -0.15) is 26.3 Å². The predicted octanol–water partition coefficient (Wildman–Crippen LogP) is 4.70. The number of hydrogen-bond acceptors (Lipinski definition) is 5. The molecule has 1 unspecified atom stereocenters. The number of nitrogens with zero attached hydrogens (tertiary/aromatic N) is 3. The van der Waals surface area contributed by atoms with Crippen molar-refractivity contribution in [1.82, 2.24) is 20.2 Å². The molecule has 0 bridgehead atoms. The molecule has 6 nitrogen and oxygen atoms in total. The summed E-state index contributed by atoms with van der Waals surface area (Å²) in [5.74, 6) is -0.596. The second-order valence-corrected chi connectivity index (χ2v) is 9.27. The molecule has 36 heavy (non-hydrogen) atoms. The third-order valence-corrected chi connectivity index (χ3v) is 6.71. The van der Waals surface area contributed by atoms with Gasteiger partial charge < -0.3 is 0 Å². The molecule has 2 atom stereocenters. The predicted molar refractivity (Wildman–Crippen MR) is 121 cm³/mol. The Kier molecular flexibility index (Phi) is 7.20. The highest BCUT2D eigenvalue weighted by Gasteiger charge is 2.39. The van der Waals surface area contributed by atoms with Crippen molar-refractivity contribution in [2.24, 2.45) is 0 Å². The summed E-state index contributed by atoms with van der Waals surface area (Å²) < 4.78 is 79.3. The first-order chi connectivity index (χ1) is 16.8. The number of alkyl halides is 6. The molecule has 2 N–H and O–H groups in total. The van der Waals surface area contributed by atoms with Gasteiger partial charge >= 0.3 is 12.4 Å². The number of nitrogens with one attached hydrogen (secondary N) is 2. The number of pyridine rings is 1. The molecule has 0 saturated carbocycles. The minimum absolute atomic E-state index is 0.0399. The first-order valence-electron chi connectivity index (χ1n) is 11.6. The number of rotatable bonds is 5. The van der Waals surface area contributed by atoms with Gasteiger partial charge in [-0.15, -0.1) is 0 Å². The lowest BCUT2D eigenvalue weighted by Gasteiger charge is -2.41. The molecule has 4 rings (SSSR count). The van der Waals surface area contributed by atoms with Crippen molar-refractivity contribution < 1.29 is 31.1 Å². The highest BCUT2D eigenvalue weighted by Crippen LogP contribution is 2.37. The summed E-state index contributed by atoms with van der Waals surface area (Å²) in [5, 5.41) is 0. The molecule has 3 heterocycles. The van der Waals surface area contributed by atoms with Gasteiger partial charge in [0.1, 0.15) is 6.04 Å². The number of piperazine rings is 1. The second-order valence-electron chi connectivity index (χ2n) is 9.27. The van der Waals surface area contributed by atoms with Crippen LogP contribution in [0.3, 0.4) is 0 Å². The zero-order valence-corrected chi connectivity index (χ0v) is 19.8. The number of aromatic nitrogens is 1. The van der Waals surface area contributed by atoms with Crippen molar-refractivity contribution in [3.8, 4) is 0 Å². The van der Waals surface area contributed by atoms with E-state index in [0.717, 1.165) is 31.6 Å². The number of hydrogen-bond donors (Lipinski definition) is 2. The lowest BCUT2D eigenvalue weighted by molar-refractivity contribution is -0.143. The van der Waals surface area contributed by atoms with Gasteiger partial charge in [-0.3, -0.25) is 30.4 Å². The summed E-state index contributed by atoms with van der Waals surface area (Å²) in [6.45, 7) is 6.56. The fourth-order valence-corrected chi connectivity index (χ4v) is 4.97. The number of carbonyl (C=O) groups excluding carboxylic acids is 1. The highest BCUT2D eigenvalue weighted by molar-refractivity contribution is 5.84. The lowest BCUT2D eigenvalue weighted by Crippen LogP contribution is -2.54. The molecule has 196 valence electrons. The molecular formula is C24H27F6N5O. The van der Waals surface area contributed by atoms with Crippen molar-refractivity contribution in [3.05, 3.63) is 58.4 Å². The van der Waals surface area contributed by atoms with E-state index in [4.69, 9.17) is 0 Å². The first-order valence-corrected chi connectivity index (χ1v) is 11.6. The topological polar surface area (TPSA) is 60.5 Å². The third kappa shape index (κ3) is 5.75. The second kappa shape index (κ2) is 9.89. The van der Waals surface area contributed by atoms with Gasteiger partial charge in [0, 0.05) is 42.6 Å². The Labute approximate surface area is 204 Å². The maximum atomic E-state index is 13.4. The quantitative estimate of drug-likeness (QED) is 0.447. The van der Waals surface area contributed by atoms with Crippen molar-refractivity contribution in [1.29, 1.82) is 0 Å². The fraction of sp³-hybridized carbons (Fsp3) is 0.500. The minimum atomic E-state index is -4.99. The van der Waals surface area contributed by atoms with E-state index in [0.29, 0.717) is 42.5 Å². The van der Waals surface area contributed by atoms with E-state index in [1.165, 1.54) is 0 Å². The zero-order chi connectivity index (χ0) is 26.3. The number of anilines is 1. The number of benzene rings is 1. The summed E-state index contributed by atoms with van der Waals surface area (Å²) in [4.78, 5) is 22.2. The summed E-state index contributed by atoms with van der Waals surface area (Å²) in [6.07, 6.45) is -7.91.